The highest BCUT2D eigenvalue weighted by molar-refractivity contribution is 8.01. The van der Waals surface area contributed by atoms with E-state index in [4.69, 9.17) is 0 Å². The van der Waals surface area contributed by atoms with Gasteiger partial charge in [0.25, 0.3) is 0 Å². The van der Waals surface area contributed by atoms with Gasteiger partial charge in [0.05, 0.1) is 16.6 Å². The van der Waals surface area contributed by atoms with Gasteiger partial charge in [-0.3, -0.25) is 9.78 Å². The molecule has 0 aliphatic heterocycles. The zero-order chi connectivity index (χ0) is 22.4. The molecule has 164 valence electrons. The van der Waals surface area contributed by atoms with Crippen LogP contribution < -0.4 is 10.2 Å². The average Bonchev–Trinajstić information content (AvgIpc) is 3.17. The minimum absolute atomic E-state index is 0.0856. The molecule has 1 aromatic carbocycles. The topological polar surface area (TPSA) is 75.9 Å². The van der Waals surface area contributed by atoms with Gasteiger partial charge < -0.3 is 14.8 Å². The molecule has 0 fully saturated rings. The number of aromatic nitrogens is 4. The number of nitrogens with one attached hydrogen (secondary N) is 1. The van der Waals surface area contributed by atoms with Crippen molar-refractivity contribution in [1.29, 1.82) is 0 Å². The molecule has 0 spiro atoms. The number of hydrogen-bond donors (Lipinski definition) is 1. The van der Waals surface area contributed by atoms with Gasteiger partial charge >= 0.3 is 0 Å². The SMILES string of the molecule is CCN(CC)c1ccc(-c2nnc(SC(C)(C)C(=O)Nc3ccccc3)n2CC)nc1. The molecule has 0 radical (unpaired) electrons. The van der Waals surface area contributed by atoms with Gasteiger partial charge in [-0.15, -0.1) is 10.2 Å². The number of para-hydroxylation sites is 1. The normalized spacial score (nSPS) is 11.4. The van der Waals surface area contributed by atoms with Crippen LogP contribution in [0.1, 0.15) is 34.6 Å². The number of carbonyl (C=O) groups is 1. The van der Waals surface area contributed by atoms with Crippen molar-refractivity contribution in [2.24, 2.45) is 0 Å². The van der Waals surface area contributed by atoms with Gasteiger partial charge in [-0.05, 0) is 58.9 Å². The maximum atomic E-state index is 12.9. The molecule has 0 atom stereocenters. The van der Waals surface area contributed by atoms with Gasteiger partial charge in [0.2, 0.25) is 5.91 Å². The zero-order valence-corrected chi connectivity index (χ0v) is 19.6. The van der Waals surface area contributed by atoms with Crippen LogP contribution in [0.4, 0.5) is 11.4 Å². The fourth-order valence-electron chi connectivity index (χ4n) is 3.21. The van der Waals surface area contributed by atoms with E-state index in [0.717, 1.165) is 30.2 Å². The van der Waals surface area contributed by atoms with Gasteiger partial charge in [-0.2, -0.15) is 0 Å². The summed E-state index contributed by atoms with van der Waals surface area (Å²) in [5.41, 5.74) is 2.63. The van der Waals surface area contributed by atoms with E-state index in [2.05, 4.69) is 45.3 Å². The molecule has 7 nitrogen and oxygen atoms in total. The molecule has 0 unspecified atom stereocenters. The Bertz CT molecular complexity index is 997. The summed E-state index contributed by atoms with van der Waals surface area (Å²) in [5.74, 6) is 0.618. The van der Waals surface area contributed by atoms with Crippen molar-refractivity contribution in [3.05, 3.63) is 48.7 Å². The number of carbonyl (C=O) groups excluding carboxylic acids is 1. The fraction of sp³-hybridized carbons (Fsp3) is 0.391. The molecule has 3 rings (SSSR count). The highest BCUT2D eigenvalue weighted by Gasteiger charge is 2.32. The molecule has 0 saturated carbocycles. The Labute approximate surface area is 188 Å². The molecule has 31 heavy (non-hydrogen) atoms. The summed E-state index contributed by atoms with van der Waals surface area (Å²) in [4.78, 5) is 19.7. The number of pyridine rings is 1. The van der Waals surface area contributed by atoms with Gasteiger partial charge in [-0.25, -0.2) is 0 Å². The van der Waals surface area contributed by atoms with E-state index in [1.165, 1.54) is 11.8 Å². The minimum atomic E-state index is -0.729. The van der Waals surface area contributed by atoms with Crippen LogP contribution in [-0.2, 0) is 11.3 Å². The lowest BCUT2D eigenvalue weighted by Gasteiger charge is -2.22. The van der Waals surface area contributed by atoms with Crippen LogP contribution >= 0.6 is 11.8 Å². The van der Waals surface area contributed by atoms with Crippen molar-refractivity contribution in [3.8, 4) is 11.5 Å². The number of nitrogens with zero attached hydrogens (tertiary/aromatic N) is 5. The monoisotopic (exact) mass is 438 g/mol. The maximum Gasteiger partial charge on any atom is 0.240 e. The number of benzene rings is 1. The Morgan fingerprint density at radius 2 is 1.77 bits per heavy atom. The van der Waals surface area contributed by atoms with Crippen LogP contribution in [0.2, 0.25) is 0 Å². The van der Waals surface area contributed by atoms with E-state index in [-0.39, 0.29) is 5.91 Å². The van der Waals surface area contributed by atoms with Crippen molar-refractivity contribution in [2.45, 2.75) is 51.1 Å². The predicted octanol–water partition coefficient (Wildman–Crippen LogP) is 4.72. The number of rotatable bonds is 9. The molecule has 8 heteroatoms. The molecule has 2 heterocycles. The Morgan fingerprint density at radius 1 is 1.06 bits per heavy atom. The molecule has 0 aliphatic rings. The van der Waals surface area contributed by atoms with E-state index >= 15 is 0 Å². The second-order valence-electron chi connectivity index (χ2n) is 7.56. The summed E-state index contributed by atoms with van der Waals surface area (Å²) in [6.45, 7) is 12.6. The summed E-state index contributed by atoms with van der Waals surface area (Å²) in [6, 6.07) is 13.5. The molecule has 1 N–H and O–H groups in total. The Hall–Kier alpha value is -2.87. The van der Waals surface area contributed by atoms with E-state index < -0.39 is 4.75 Å². The minimum Gasteiger partial charge on any atom is -0.371 e. The molecule has 2 aromatic heterocycles. The van der Waals surface area contributed by atoms with Crippen LogP contribution in [0.5, 0.6) is 0 Å². The molecule has 3 aromatic rings. The quantitative estimate of drug-likeness (QED) is 0.487. The van der Waals surface area contributed by atoms with Crippen molar-refractivity contribution >= 4 is 29.0 Å². The van der Waals surface area contributed by atoms with E-state index in [1.54, 1.807) is 0 Å². The molecule has 0 aliphatic carbocycles. The first-order valence-electron chi connectivity index (χ1n) is 10.6. The van der Waals surface area contributed by atoms with Gasteiger partial charge in [0.15, 0.2) is 11.0 Å². The lowest BCUT2D eigenvalue weighted by Crippen LogP contribution is -2.34. The molecular formula is C23H30N6OS. The molecule has 0 saturated heterocycles. The first-order chi connectivity index (χ1) is 14.9. The Balaban J connectivity index is 1.80. The van der Waals surface area contributed by atoms with Crippen molar-refractivity contribution < 1.29 is 4.79 Å². The summed E-state index contributed by atoms with van der Waals surface area (Å²) in [6.07, 6.45) is 1.88. The highest BCUT2D eigenvalue weighted by Crippen LogP contribution is 2.34. The average molecular weight is 439 g/mol. The number of amides is 1. The molecule has 1 amide bonds. The fourth-order valence-corrected chi connectivity index (χ4v) is 4.22. The third kappa shape index (κ3) is 5.25. The Kier molecular flexibility index (Phi) is 7.33. The number of thioether (sulfide) groups is 1. The van der Waals surface area contributed by atoms with Crippen LogP contribution in [0.3, 0.4) is 0 Å². The van der Waals surface area contributed by atoms with Crippen LogP contribution in [-0.4, -0.2) is 43.5 Å². The first-order valence-corrected chi connectivity index (χ1v) is 11.4. The van der Waals surface area contributed by atoms with E-state index in [9.17, 15) is 4.79 Å². The third-order valence-corrected chi connectivity index (χ3v) is 6.24. The summed E-state index contributed by atoms with van der Waals surface area (Å²) in [5, 5.41) is 12.4. The third-order valence-electron chi connectivity index (χ3n) is 5.06. The van der Waals surface area contributed by atoms with Crippen molar-refractivity contribution in [2.75, 3.05) is 23.3 Å². The first kappa shape index (κ1) is 22.8. The largest absolute Gasteiger partial charge is 0.371 e. The van der Waals surface area contributed by atoms with Crippen LogP contribution in [0, 0.1) is 0 Å². The highest BCUT2D eigenvalue weighted by atomic mass is 32.2. The van der Waals surface area contributed by atoms with Crippen LogP contribution in [0.15, 0.2) is 53.8 Å². The summed E-state index contributed by atoms with van der Waals surface area (Å²) < 4.78 is 1.27. The lowest BCUT2D eigenvalue weighted by atomic mass is 10.2. The summed E-state index contributed by atoms with van der Waals surface area (Å²) >= 11 is 1.40. The zero-order valence-electron chi connectivity index (χ0n) is 18.8. The number of anilines is 2. The van der Waals surface area contributed by atoms with Crippen molar-refractivity contribution in [3.63, 3.8) is 0 Å². The number of hydrogen-bond acceptors (Lipinski definition) is 6. The van der Waals surface area contributed by atoms with Gasteiger partial charge in [0, 0.05) is 25.3 Å². The maximum absolute atomic E-state index is 12.9. The lowest BCUT2D eigenvalue weighted by molar-refractivity contribution is -0.117. The second-order valence-corrected chi connectivity index (χ2v) is 9.15. The van der Waals surface area contributed by atoms with E-state index in [1.807, 2.05) is 67.9 Å². The second kappa shape index (κ2) is 9.96. The van der Waals surface area contributed by atoms with E-state index in [0.29, 0.717) is 17.5 Å². The Morgan fingerprint density at radius 3 is 2.35 bits per heavy atom. The smallest absolute Gasteiger partial charge is 0.240 e. The molecule has 0 bridgehead atoms. The van der Waals surface area contributed by atoms with Gasteiger partial charge in [0.1, 0.15) is 5.69 Å². The standard InChI is InChI=1S/C23H30N6OS/c1-6-28(7-2)18-14-15-19(24-16-18)20-26-27-22(29(20)8-3)31-23(4,5)21(30)25-17-12-10-9-11-13-17/h9-16H,6-8H2,1-5H3,(H,25,30). The van der Waals surface area contributed by atoms with Crippen LogP contribution in [0.25, 0.3) is 11.5 Å². The predicted molar refractivity (Wildman–Crippen MR) is 127 cm³/mol. The summed E-state index contributed by atoms with van der Waals surface area (Å²) in [7, 11) is 0. The molecular weight excluding hydrogens is 408 g/mol. The van der Waals surface area contributed by atoms with Gasteiger partial charge in [-0.1, -0.05) is 30.0 Å². The van der Waals surface area contributed by atoms with Crippen molar-refractivity contribution in [1.82, 2.24) is 19.7 Å².